The van der Waals surface area contributed by atoms with Crippen LogP contribution in [-0.2, 0) is 26.7 Å². The summed E-state index contributed by atoms with van der Waals surface area (Å²) in [4.78, 5) is 26.7. The number of anilines is 10. The normalized spacial score (nSPS) is 11.4. The van der Waals surface area contributed by atoms with Crippen LogP contribution in [0.25, 0.3) is 0 Å². The second-order valence-corrected chi connectivity index (χ2v) is 14.8. The first-order valence-corrected chi connectivity index (χ1v) is 19.5. The highest BCUT2D eigenvalue weighted by molar-refractivity contribution is 7.86. The van der Waals surface area contributed by atoms with E-state index in [0.29, 0.717) is 29.3 Å². The van der Waals surface area contributed by atoms with E-state index in [2.05, 4.69) is 56.5 Å². The molecule has 0 unspecified atom stereocenters. The van der Waals surface area contributed by atoms with Crippen molar-refractivity contribution in [2.24, 2.45) is 0 Å². The molecule has 5 aromatic carbocycles. The van der Waals surface area contributed by atoms with Gasteiger partial charge in [-0.25, -0.2) is 0 Å². The van der Waals surface area contributed by atoms with E-state index < -0.39 is 20.2 Å². The third-order valence-corrected chi connectivity index (χ3v) is 9.50. The Kier molecular flexibility index (Phi) is 10.7. The van der Waals surface area contributed by atoms with Crippen LogP contribution >= 0.6 is 0 Å². The molecule has 282 valence electrons. The van der Waals surface area contributed by atoms with Crippen molar-refractivity contribution in [2.75, 3.05) is 26.6 Å². The zero-order valence-corrected chi connectivity index (χ0v) is 30.6. The van der Waals surface area contributed by atoms with Gasteiger partial charge in [0.25, 0.3) is 20.2 Å². The maximum absolute atomic E-state index is 11.5. The van der Waals surface area contributed by atoms with Crippen molar-refractivity contribution in [3.05, 3.63) is 145 Å². The molecular formula is C37H31N11O6S2. The summed E-state index contributed by atoms with van der Waals surface area (Å²) in [7, 11) is -8.70. The monoisotopic (exact) mass is 789 g/mol. The maximum Gasteiger partial charge on any atom is 0.294 e. The molecule has 7 N–H and O–H groups in total. The molecule has 0 saturated heterocycles. The molecule has 0 saturated carbocycles. The molecule has 19 heteroatoms. The number of para-hydroxylation sites is 2. The van der Waals surface area contributed by atoms with E-state index >= 15 is 0 Å². The van der Waals surface area contributed by atoms with Gasteiger partial charge < -0.3 is 26.6 Å². The fraction of sp³-hybridized carbons (Fsp3) is 0.0270. The Labute approximate surface area is 320 Å². The Morgan fingerprint density at radius 1 is 0.375 bits per heavy atom. The lowest BCUT2D eigenvalue weighted by molar-refractivity contribution is 0.481. The van der Waals surface area contributed by atoms with Gasteiger partial charge in [0.1, 0.15) is 5.82 Å². The lowest BCUT2D eigenvalue weighted by atomic mass is 10.1. The summed E-state index contributed by atoms with van der Waals surface area (Å²) in [5.41, 5.74) is 3.99. The molecule has 7 rings (SSSR count). The van der Waals surface area contributed by atoms with Crippen LogP contribution in [0.1, 0.15) is 11.4 Å². The van der Waals surface area contributed by atoms with Gasteiger partial charge in [0.15, 0.2) is 0 Å². The number of rotatable bonds is 14. The fourth-order valence-electron chi connectivity index (χ4n) is 5.15. The van der Waals surface area contributed by atoms with Crippen LogP contribution in [0.3, 0.4) is 0 Å². The van der Waals surface area contributed by atoms with Crippen LogP contribution in [0.2, 0.25) is 0 Å². The maximum atomic E-state index is 11.5. The van der Waals surface area contributed by atoms with E-state index in [-0.39, 0.29) is 39.5 Å². The second kappa shape index (κ2) is 16.1. The van der Waals surface area contributed by atoms with Crippen LogP contribution in [0.5, 0.6) is 0 Å². The van der Waals surface area contributed by atoms with Gasteiger partial charge in [-0.2, -0.15) is 46.7 Å². The summed E-state index contributed by atoms with van der Waals surface area (Å²) in [6.07, 6.45) is 0.323. The predicted molar refractivity (Wildman–Crippen MR) is 211 cm³/mol. The Morgan fingerprint density at radius 2 is 0.661 bits per heavy atom. The zero-order valence-electron chi connectivity index (χ0n) is 28.9. The summed E-state index contributed by atoms with van der Waals surface area (Å²) >= 11 is 0. The molecule has 0 spiro atoms. The van der Waals surface area contributed by atoms with Crippen LogP contribution in [0, 0.1) is 0 Å². The van der Waals surface area contributed by atoms with E-state index in [4.69, 9.17) is 0 Å². The average molecular weight is 790 g/mol. The molecule has 0 aliphatic rings. The molecular weight excluding hydrogens is 759 g/mol. The van der Waals surface area contributed by atoms with Gasteiger partial charge in [-0.05, 0) is 90.5 Å². The SMILES string of the molecule is O=S(=O)(O)c1ccc(Nc2nc(Cc3ccc(Nc4nc(Nc5ccccc5)nc(Nc5ccc(S(=O)(=O)O)cc5)n4)cc3)nc(Nc3ccccc3)n2)cc1. The van der Waals surface area contributed by atoms with Crippen molar-refractivity contribution in [3.63, 3.8) is 0 Å². The van der Waals surface area contributed by atoms with Crippen LogP contribution in [0.15, 0.2) is 143 Å². The Bertz CT molecular complexity index is 2490. The van der Waals surface area contributed by atoms with Gasteiger partial charge in [-0.3, -0.25) is 9.11 Å². The minimum Gasteiger partial charge on any atom is -0.324 e. The van der Waals surface area contributed by atoms with E-state index in [1.165, 1.54) is 48.5 Å². The average Bonchev–Trinajstić information content (AvgIpc) is 3.16. The van der Waals surface area contributed by atoms with Gasteiger partial charge >= 0.3 is 0 Å². The van der Waals surface area contributed by atoms with E-state index in [1.54, 1.807) is 0 Å². The first-order chi connectivity index (χ1) is 26.9. The van der Waals surface area contributed by atoms with Crippen molar-refractivity contribution < 1.29 is 25.9 Å². The predicted octanol–water partition coefficient (Wildman–Crippen LogP) is 6.86. The molecule has 0 fully saturated rings. The van der Waals surface area contributed by atoms with Crippen molar-refractivity contribution in [2.45, 2.75) is 16.2 Å². The first-order valence-electron chi connectivity index (χ1n) is 16.6. The Hall–Kier alpha value is -7.06. The lowest BCUT2D eigenvalue weighted by Crippen LogP contribution is -2.08. The quantitative estimate of drug-likeness (QED) is 0.0556. The number of aromatic nitrogens is 6. The lowest BCUT2D eigenvalue weighted by Gasteiger charge is -2.12. The van der Waals surface area contributed by atoms with Gasteiger partial charge in [-0.1, -0.05) is 48.5 Å². The molecule has 0 aliphatic carbocycles. The topological polar surface area (TPSA) is 246 Å². The van der Waals surface area contributed by atoms with Crippen LogP contribution in [0.4, 0.5) is 58.2 Å². The number of hydrogen-bond donors (Lipinski definition) is 7. The molecule has 0 aliphatic heterocycles. The smallest absolute Gasteiger partial charge is 0.294 e. The van der Waals surface area contributed by atoms with Gasteiger partial charge in [0.2, 0.25) is 29.7 Å². The molecule has 56 heavy (non-hydrogen) atoms. The number of nitrogens with one attached hydrogen (secondary N) is 5. The van der Waals surface area contributed by atoms with E-state index in [0.717, 1.165) is 16.9 Å². The van der Waals surface area contributed by atoms with Crippen molar-refractivity contribution >= 4 is 78.4 Å². The molecule has 7 aromatic rings. The first kappa shape index (κ1) is 37.3. The van der Waals surface area contributed by atoms with Crippen molar-refractivity contribution in [1.29, 1.82) is 0 Å². The molecule has 0 bridgehead atoms. The highest BCUT2D eigenvalue weighted by Crippen LogP contribution is 2.24. The Morgan fingerprint density at radius 3 is 0.982 bits per heavy atom. The summed E-state index contributed by atoms with van der Waals surface area (Å²) in [6, 6.07) is 37.1. The van der Waals surface area contributed by atoms with Gasteiger partial charge in [0, 0.05) is 34.9 Å². The summed E-state index contributed by atoms with van der Waals surface area (Å²) in [5.74, 6) is 1.52. The Balaban J connectivity index is 1.11. The van der Waals surface area contributed by atoms with Crippen molar-refractivity contribution in [3.8, 4) is 0 Å². The van der Waals surface area contributed by atoms with Gasteiger partial charge in [-0.15, -0.1) is 0 Å². The highest BCUT2D eigenvalue weighted by atomic mass is 32.2. The zero-order chi connectivity index (χ0) is 39.1. The largest absolute Gasteiger partial charge is 0.324 e. The molecule has 0 amide bonds. The molecule has 17 nitrogen and oxygen atoms in total. The fourth-order valence-corrected chi connectivity index (χ4v) is 6.11. The third kappa shape index (κ3) is 10.1. The van der Waals surface area contributed by atoms with Crippen LogP contribution in [-0.4, -0.2) is 55.8 Å². The number of nitrogens with zero attached hydrogens (tertiary/aromatic N) is 6. The van der Waals surface area contributed by atoms with Crippen LogP contribution < -0.4 is 26.6 Å². The minimum absolute atomic E-state index is 0.158. The summed E-state index contributed by atoms with van der Waals surface area (Å²) in [6.45, 7) is 0. The molecule has 0 atom stereocenters. The number of benzene rings is 5. The summed E-state index contributed by atoms with van der Waals surface area (Å²) in [5, 5.41) is 15.6. The molecule has 2 heterocycles. The number of hydrogen-bond acceptors (Lipinski definition) is 15. The van der Waals surface area contributed by atoms with Crippen molar-refractivity contribution in [1.82, 2.24) is 29.9 Å². The molecule has 0 radical (unpaired) electrons. The summed E-state index contributed by atoms with van der Waals surface area (Å²) < 4.78 is 64.6. The third-order valence-electron chi connectivity index (χ3n) is 7.77. The van der Waals surface area contributed by atoms with E-state index in [9.17, 15) is 25.9 Å². The second-order valence-electron chi connectivity index (χ2n) is 11.9. The van der Waals surface area contributed by atoms with E-state index in [1.807, 2.05) is 84.9 Å². The highest BCUT2D eigenvalue weighted by Gasteiger charge is 2.14. The van der Waals surface area contributed by atoms with Gasteiger partial charge in [0.05, 0.1) is 9.79 Å². The standard InChI is InChI=1S/C37H31N11O6S2/c49-55(50,51)30-19-15-28(16-20-30)40-34-44-32(43-33(45-34)38-25-7-3-1-4-8-25)23-24-11-13-27(14-12-24)41-36-46-35(39-26-9-5-2-6-10-26)47-37(48-36)42-29-17-21-31(22-18-29)56(52,53)54/h1-22H,23H2,(H,49,50,51)(H,52,53,54)(H2,38,40,43,44,45)(H3,39,41,42,46,47,48). The molecule has 2 aromatic heterocycles. The minimum atomic E-state index is -4.36.